The van der Waals surface area contributed by atoms with Crippen LogP contribution >= 0.6 is 0 Å². The maximum Gasteiger partial charge on any atom is 0.334 e. The molecule has 0 radical (unpaired) electrons. The summed E-state index contributed by atoms with van der Waals surface area (Å²) in [5.74, 6) is -2.95. The predicted molar refractivity (Wildman–Crippen MR) is 75.6 cm³/mol. The van der Waals surface area contributed by atoms with E-state index in [4.69, 9.17) is 5.11 Å². The third kappa shape index (κ3) is 2.89. The van der Waals surface area contributed by atoms with Gasteiger partial charge in [0.1, 0.15) is 0 Å². The molecule has 1 aliphatic heterocycles. The number of hydrogen-bond donors (Lipinski definition) is 2. The summed E-state index contributed by atoms with van der Waals surface area (Å²) in [6.45, 7) is 1.96. The lowest BCUT2D eigenvalue weighted by molar-refractivity contribution is -0.141. The van der Waals surface area contributed by atoms with E-state index >= 15 is 0 Å². The number of para-hydroxylation sites is 1. The largest absolute Gasteiger partial charge is 0.481 e. The highest BCUT2D eigenvalue weighted by Crippen LogP contribution is 2.32. The minimum absolute atomic E-state index is 0.345. The molecule has 6 nitrogen and oxygen atoms in total. The summed E-state index contributed by atoms with van der Waals surface area (Å²) in [5, 5.41) is 18.1. The molecule has 0 spiro atoms. The van der Waals surface area contributed by atoms with Crippen molar-refractivity contribution in [2.45, 2.75) is 25.8 Å². The average Bonchev–Trinajstić information content (AvgIpc) is 2.72. The number of Topliss-reactive ketones (excluding diaryl/α,β-unsaturated/α-hetero) is 1. The van der Waals surface area contributed by atoms with E-state index in [0.29, 0.717) is 30.6 Å². The van der Waals surface area contributed by atoms with Gasteiger partial charge in [-0.3, -0.25) is 9.59 Å². The number of carboxylic acid groups (broad SMARTS) is 2. The van der Waals surface area contributed by atoms with Crippen LogP contribution in [0.25, 0.3) is 0 Å². The van der Waals surface area contributed by atoms with Crippen LogP contribution in [0.2, 0.25) is 0 Å². The van der Waals surface area contributed by atoms with Crippen molar-refractivity contribution in [3.8, 4) is 0 Å². The number of ketones is 1. The minimum Gasteiger partial charge on any atom is -0.481 e. The molecule has 1 heterocycles. The Hall–Kier alpha value is -2.37. The first kappa shape index (κ1) is 15.0. The van der Waals surface area contributed by atoms with E-state index < -0.39 is 29.7 Å². The SMILES string of the molecule is C[C@@H](CCCN1c2ccccc2C(=O)[C@@H]1C(=O)O)C(=O)O. The zero-order valence-electron chi connectivity index (χ0n) is 11.7. The van der Waals surface area contributed by atoms with Crippen LogP contribution in [-0.4, -0.2) is 40.5 Å². The highest BCUT2D eigenvalue weighted by molar-refractivity contribution is 6.20. The first-order valence-corrected chi connectivity index (χ1v) is 6.79. The molecule has 1 aromatic rings. The third-order valence-corrected chi connectivity index (χ3v) is 3.73. The number of carbonyl (C=O) groups excluding carboxylic acids is 1. The van der Waals surface area contributed by atoms with Gasteiger partial charge in [-0.25, -0.2) is 4.79 Å². The number of rotatable bonds is 6. The van der Waals surface area contributed by atoms with E-state index in [9.17, 15) is 19.5 Å². The Morgan fingerprint density at radius 1 is 1.29 bits per heavy atom. The summed E-state index contributed by atoms with van der Waals surface area (Å²) in [4.78, 5) is 35.8. The van der Waals surface area contributed by atoms with Gasteiger partial charge in [-0.05, 0) is 25.0 Å². The topological polar surface area (TPSA) is 94.9 Å². The average molecular weight is 291 g/mol. The first-order chi connectivity index (χ1) is 9.93. The smallest absolute Gasteiger partial charge is 0.334 e. The van der Waals surface area contributed by atoms with Crippen molar-refractivity contribution in [2.75, 3.05) is 11.4 Å². The predicted octanol–water partition coefficient (Wildman–Crippen LogP) is 1.64. The molecule has 0 unspecified atom stereocenters. The van der Waals surface area contributed by atoms with Crippen molar-refractivity contribution in [3.63, 3.8) is 0 Å². The van der Waals surface area contributed by atoms with Crippen LogP contribution in [0.15, 0.2) is 24.3 Å². The van der Waals surface area contributed by atoms with Gasteiger partial charge in [0.25, 0.3) is 0 Å². The Kier molecular flexibility index (Phi) is 4.26. The summed E-state index contributed by atoms with van der Waals surface area (Å²) < 4.78 is 0. The van der Waals surface area contributed by atoms with Crippen molar-refractivity contribution in [3.05, 3.63) is 29.8 Å². The highest BCUT2D eigenvalue weighted by Gasteiger charge is 2.41. The van der Waals surface area contributed by atoms with Crippen LogP contribution in [0, 0.1) is 5.92 Å². The molecule has 0 aliphatic carbocycles. The van der Waals surface area contributed by atoms with E-state index in [1.807, 2.05) is 0 Å². The molecule has 21 heavy (non-hydrogen) atoms. The van der Waals surface area contributed by atoms with E-state index in [2.05, 4.69) is 0 Å². The molecular weight excluding hydrogens is 274 g/mol. The van der Waals surface area contributed by atoms with Gasteiger partial charge < -0.3 is 15.1 Å². The minimum atomic E-state index is -1.21. The number of carboxylic acids is 2. The molecule has 0 saturated heterocycles. The highest BCUT2D eigenvalue weighted by atomic mass is 16.4. The van der Waals surface area contributed by atoms with E-state index in [0.717, 1.165) is 0 Å². The molecule has 112 valence electrons. The van der Waals surface area contributed by atoms with Gasteiger partial charge in [-0.2, -0.15) is 0 Å². The number of anilines is 1. The van der Waals surface area contributed by atoms with Gasteiger partial charge >= 0.3 is 11.9 Å². The Bertz CT molecular complexity index is 583. The lowest BCUT2D eigenvalue weighted by Crippen LogP contribution is -2.42. The molecule has 0 amide bonds. The second-order valence-electron chi connectivity index (χ2n) is 5.20. The second-order valence-corrected chi connectivity index (χ2v) is 5.20. The van der Waals surface area contributed by atoms with Crippen molar-refractivity contribution >= 4 is 23.4 Å². The number of hydrogen-bond acceptors (Lipinski definition) is 4. The van der Waals surface area contributed by atoms with Crippen LogP contribution in [0.3, 0.4) is 0 Å². The van der Waals surface area contributed by atoms with E-state index in [1.54, 1.807) is 36.1 Å². The standard InChI is InChI=1S/C15H17NO5/c1-9(14(18)19)5-4-8-16-11-7-3-2-6-10(11)13(17)12(16)15(20)21/h2-3,6-7,9,12H,4-5,8H2,1H3,(H,18,19)(H,20,21)/t9-,12+/m0/s1. The molecule has 6 heteroatoms. The lowest BCUT2D eigenvalue weighted by atomic mass is 10.1. The van der Waals surface area contributed by atoms with Crippen LogP contribution in [-0.2, 0) is 9.59 Å². The summed E-state index contributed by atoms with van der Waals surface area (Å²) >= 11 is 0. The van der Waals surface area contributed by atoms with Crippen LogP contribution in [0.5, 0.6) is 0 Å². The summed E-state index contributed by atoms with van der Waals surface area (Å²) in [6.07, 6.45) is 0.952. The summed E-state index contributed by atoms with van der Waals surface area (Å²) in [5.41, 5.74) is 1.02. The molecule has 2 N–H and O–H groups in total. The van der Waals surface area contributed by atoms with Gasteiger partial charge in [0, 0.05) is 17.8 Å². The molecular formula is C15H17NO5. The molecule has 0 fully saturated rings. The Morgan fingerprint density at radius 3 is 2.57 bits per heavy atom. The number of aliphatic carboxylic acids is 2. The molecule has 0 aromatic heterocycles. The van der Waals surface area contributed by atoms with E-state index in [1.165, 1.54) is 0 Å². The molecule has 0 bridgehead atoms. The van der Waals surface area contributed by atoms with Crippen molar-refractivity contribution in [1.82, 2.24) is 0 Å². The quantitative estimate of drug-likeness (QED) is 0.774. The molecule has 2 atom stereocenters. The first-order valence-electron chi connectivity index (χ1n) is 6.79. The summed E-state index contributed by atoms with van der Waals surface area (Å²) in [6, 6.07) is 5.58. The van der Waals surface area contributed by atoms with Crippen molar-refractivity contribution in [1.29, 1.82) is 0 Å². The number of fused-ring (bicyclic) bond motifs is 1. The van der Waals surface area contributed by atoms with Crippen LogP contribution < -0.4 is 4.90 Å². The zero-order valence-corrected chi connectivity index (χ0v) is 11.7. The van der Waals surface area contributed by atoms with Gasteiger partial charge in [-0.1, -0.05) is 19.1 Å². The molecule has 0 saturated carbocycles. The number of carbonyl (C=O) groups is 3. The maximum absolute atomic E-state index is 12.1. The molecule has 1 aromatic carbocycles. The number of nitrogens with zero attached hydrogens (tertiary/aromatic N) is 1. The van der Waals surface area contributed by atoms with E-state index in [-0.39, 0.29) is 0 Å². The van der Waals surface area contributed by atoms with Crippen LogP contribution in [0.4, 0.5) is 5.69 Å². The van der Waals surface area contributed by atoms with Gasteiger partial charge in [0.05, 0.1) is 5.92 Å². The lowest BCUT2D eigenvalue weighted by Gasteiger charge is -2.23. The fourth-order valence-corrected chi connectivity index (χ4v) is 2.55. The van der Waals surface area contributed by atoms with Crippen LogP contribution in [0.1, 0.15) is 30.1 Å². The normalized spacial score (nSPS) is 18.4. The monoisotopic (exact) mass is 291 g/mol. The Morgan fingerprint density at radius 2 is 1.95 bits per heavy atom. The van der Waals surface area contributed by atoms with Crippen molar-refractivity contribution in [2.24, 2.45) is 5.92 Å². The Balaban J connectivity index is 2.14. The Labute approximate surface area is 122 Å². The maximum atomic E-state index is 12.1. The second kappa shape index (κ2) is 5.95. The summed E-state index contributed by atoms with van der Waals surface area (Å²) in [7, 11) is 0. The molecule has 1 aliphatic rings. The fraction of sp³-hybridized carbons (Fsp3) is 0.400. The third-order valence-electron chi connectivity index (χ3n) is 3.73. The zero-order chi connectivity index (χ0) is 15.6. The fourth-order valence-electron chi connectivity index (χ4n) is 2.55. The molecule has 2 rings (SSSR count). The number of benzene rings is 1. The van der Waals surface area contributed by atoms with Gasteiger partial charge in [0.2, 0.25) is 0 Å². The van der Waals surface area contributed by atoms with Gasteiger partial charge in [0.15, 0.2) is 11.8 Å². The van der Waals surface area contributed by atoms with Gasteiger partial charge in [-0.15, -0.1) is 0 Å². The van der Waals surface area contributed by atoms with Crippen molar-refractivity contribution < 1.29 is 24.6 Å².